The Balaban J connectivity index is 2.09. The van der Waals surface area contributed by atoms with Crippen molar-refractivity contribution in [2.45, 2.75) is 39.7 Å². The minimum atomic E-state index is -0.429. The summed E-state index contributed by atoms with van der Waals surface area (Å²) in [7, 11) is 0. The maximum absolute atomic E-state index is 12.6. The van der Waals surface area contributed by atoms with Gasteiger partial charge in [0.2, 0.25) is 10.9 Å². The van der Waals surface area contributed by atoms with E-state index in [-0.39, 0.29) is 22.6 Å². The molecule has 0 spiro atoms. The molecule has 0 aliphatic carbocycles. The van der Waals surface area contributed by atoms with Crippen molar-refractivity contribution < 1.29 is 0 Å². The highest BCUT2D eigenvalue weighted by atomic mass is 16.1. The van der Waals surface area contributed by atoms with Gasteiger partial charge in [-0.25, -0.2) is 4.68 Å². The predicted octanol–water partition coefficient (Wildman–Crippen LogP) is 1.52. The zero-order chi connectivity index (χ0) is 18.1. The molecular weight excluding hydrogens is 320 g/mol. The quantitative estimate of drug-likeness (QED) is 0.688. The highest BCUT2D eigenvalue weighted by Crippen LogP contribution is 2.15. The number of aromatic nitrogens is 2. The van der Waals surface area contributed by atoms with Gasteiger partial charge in [-0.15, -0.1) is 0 Å². The Kier molecular flexibility index (Phi) is 4.39. The molecule has 2 aromatic carbocycles. The van der Waals surface area contributed by atoms with Gasteiger partial charge in [-0.05, 0) is 19.8 Å². The van der Waals surface area contributed by atoms with Crippen molar-refractivity contribution in [3.63, 3.8) is 0 Å². The number of benzene rings is 1. The van der Waals surface area contributed by atoms with Crippen LogP contribution >= 0.6 is 0 Å². The number of nitrogens with one attached hydrogen (secondary N) is 2. The lowest BCUT2D eigenvalue weighted by Gasteiger charge is -2.12. The standard InChI is InChI=1S/C18H20N4O3/c1-4-11(5-2)22-18(25)14(10(3)21-22)19-20-15-16(23)12-8-6-7-9-13(12)17(15)24/h6-9,11,19,21H,4-5H2,1-3H3. The molecule has 25 heavy (non-hydrogen) atoms. The lowest BCUT2D eigenvalue weighted by atomic mass is 10.2. The molecule has 7 nitrogen and oxygen atoms in total. The molecule has 0 unspecified atom stereocenters. The van der Waals surface area contributed by atoms with Gasteiger partial charge in [0, 0.05) is 10.8 Å². The molecule has 0 saturated heterocycles. The van der Waals surface area contributed by atoms with Crippen LogP contribution in [0.2, 0.25) is 0 Å². The molecule has 0 aliphatic rings. The predicted molar refractivity (Wildman–Crippen MR) is 97.5 cm³/mol. The van der Waals surface area contributed by atoms with Crippen molar-refractivity contribution in [2.24, 2.45) is 5.10 Å². The number of H-pyrrole nitrogens is 1. The second-order valence-electron chi connectivity index (χ2n) is 6.03. The van der Waals surface area contributed by atoms with Crippen LogP contribution in [0, 0.1) is 6.92 Å². The van der Waals surface area contributed by atoms with Crippen LogP contribution < -0.4 is 27.2 Å². The van der Waals surface area contributed by atoms with Gasteiger partial charge in [0.05, 0.1) is 11.7 Å². The molecular formula is C18H20N4O3. The number of fused-ring (bicyclic) bond motifs is 1. The summed E-state index contributed by atoms with van der Waals surface area (Å²) < 4.78 is 1.56. The molecule has 0 saturated carbocycles. The average Bonchev–Trinajstić information content (AvgIpc) is 3.03. The van der Waals surface area contributed by atoms with Crippen molar-refractivity contribution in [3.8, 4) is 0 Å². The maximum atomic E-state index is 12.6. The van der Waals surface area contributed by atoms with Gasteiger partial charge >= 0.3 is 0 Å². The highest BCUT2D eigenvalue weighted by Gasteiger charge is 2.16. The van der Waals surface area contributed by atoms with Crippen molar-refractivity contribution in [2.75, 3.05) is 5.43 Å². The topological polar surface area (TPSA) is 96.3 Å². The van der Waals surface area contributed by atoms with Gasteiger partial charge in [-0.1, -0.05) is 38.1 Å². The van der Waals surface area contributed by atoms with Crippen LogP contribution in [-0.2, 0) is 0 Å². The molecule has 7 heteroatoms. The van der Waals surface area contributed by atoms with Crippen LogP contribution in [0.5, 0.6) is 0 Å². The SMILES string of the molecule is CCC(CC)n1[nH]c(C)c(NN=c2c(=O)c3ccccc3c2=O)c1=O. The van der Waals surface area contributed by atoms with Crippen LogP contribution in [-0.4, -0.2) is 9.78 Å². The number of aryl methyl sites for hydroxylation is 1. The molecule has 130 valence electrons. The van der Waals surface area contributed by atoms with Crippen molar-refractivity contribution in [1.82, 2.24) is 9.78 Å². The summed E-state index contributed by atoms with van der Waals surface area (Å²) in [5.41, 5.74) is 2.38. The zero-order valence-corrected chi connectivity index (χ0v) is 14.4. The summed E-state index contributed by atoms with van der Waals surface area (Å²) in [6.07, 6.45) is 1.63. The van der Waals surface area contributed by atoms with Crippen LogP contribution in [0.15, 0.2) is 43.8 Å². The van der Waals surface area contributed by atoms with E-state index >= 15 is 0 Å². The zero-order valence-electron chi connectivity index (χ0n) is 14.4. The van der Waals surface area contributed by atoms with Crippen molar-refractivity contribution >= 4 is 16.5 Å². The number of hydrogen-bond donors (Lipinski definition) is 2. The minimum Gasteiger partial charge on any atom is -0.298 e. The lowest BCUT2D eigenvalue weighted by molar-refractivity contribution is 0.416. The fourth-order valence-electron chi connectivity index (χ4n) is 3.06. The lowest BCUT2D eigenvalue weighted by Crippen LogP contribution is -2.33. The summed E-state index contributed by atoms with van der Waals surface area (Å²) in [5, 5.41) is 7.47. The summed E-state index contributed by atoms with van der Waals surface area (Å²) in [6.45, 7) is 5.77. The second-order valence-corrected chi connectivity index (χ2v) is 6.03. The molecule has 0 fully saturated rings. The molecule has 0 atom stereocenters. The number of anilines is 1. The molecule has 0 bridgehead atoms. The Morgan fingerprint density at radius 1 is 1.08 bits per heavy atom. The molecule has 0 amide bonds. The van der Waals surface area contributed by atoms with E-state index < -0.39 is 10.9 Å². The first-order valence-electron chi connectivity index (χ1n) is 8.32. The van der Waals surface area contributed by atoms with E-state index in [0.717, 1.165) is 12.8 Å². The van der Waals surface area contributed by atoms with Crippen LogP contribution in [0.4, 0.5) is 5.69 Å². The summed E-state index contributed by atoms with van der Waals surface area (Å²) in [4.78, 5) is 37.2. The van der Waals surface area contributed by atoms with Gasteiger partial charge in [-0.2, -0.15) is 5.10 Å². The first-order valence-corrected chi connectivity index (χ1v) is 8.32. The van der Waals surface area contributed by atoms with E-state index in [1.807, 2.05) is 13.8 Å². The fourth-order valence-corrected chi connectivity index (χ4v) is 3.06. The Labute approximate surface area is 143 Å². The molecule has 0 aliphatic heterocycles. The van der Waals surface area contributed by atoms with E-state index in [1.165, 1.54) is 0 Å². The molecule has 3 aromatic rings. The average molecular weight is 340 g/mol. The van der Waals surface area contributed by atoms with Gasteiger partial charge < -0.3 is 0 Å². The first-order chi connectivity index (χ1) is 12.0. The molecule has 2 N–H and O–H groups in total. The number of nitrogens with zero attached hydrogens (tertiary/aromatic N) is 2. The van der Waals surface area contributed by atoms with Crippen LogP contribution in [0.1, 0.15) is 38.4 Å². The third-order valence-corrected chi connectivity index (χ3v) is 4.53. The Bertz CT molecular complexity index is 1080. The van der Waals surface area contributed by atoms with Crippen molar-refractivity contribution in [3.05, 3.63) is 66.1 Å². The van der Waals surface area contributed by atoms with E-state index in [0.29, 0.717) is 16.5 Å². The van der Waals surface area contributed by atoms with Crippen LogP contribution in [0.25, 0.3) is 10.8 Å². The highest BCUT2D eigenvalue weighted by molar-refractivity contribution is 5.83. The molecule has 1 aromatic heterocycles. The Morgan fingerprint density at radius 2 is 1.64 bits per heavy atom. The summed E-state index contributed by atoms with van der Waals surface area (Å²) >= 11 is 0. The number of hydrogen-bond acceptors (Lipinski definition) is 5. The number of rotatable bonds is 5. The van der Waals surface area contributed by atoms with Crippen molar-refractivity contribution in [1.29, 1.82) is 0 Å². The van der Waals surface area contributed by atoms with Gasteiger partial charge in [0.1, 0.15) is 5.69 Å². The van der Waals surface area contributed by atoms with Gasteiger partial charge in [0.25, 0.3) is 5.56 Å². The monoisotopic (exact) mass is 340 g/mol. The van der Waals surface area contributed by atoms with E-state index in [1.54, 1.807) is 35.9 Å². The third-order valence-electron chi connectivity index (χ3n) is 4.53. The molecule has 0 radical (unpaired) electrons. The second kappa shape index (κ2) is 6.51. The summed E-state index contributed by atoms with van der Waals surface area (Å²) in [5.74, 6) is 0. The fraction of sp³-hybridized carbons (Fsp3) is 0.333. The van der Waals surface area contributed by atoms with Gasteiger partial charge in [-0.3, -0.25) is 24.9 Å². The molecule has 1 heterocycles. The van der Waals surface area contributed by atoms with E-state index in [2.05, 4.69) is 15.6 Å². The third kappa shape index (κ3) is 2.71. The first kappa shape index (κ1) is 16.9. The Morgan fingerprint density at radius 3 is 2.16 bits per heavy atom. The largest absolute Gasteiger partial charge is 0.298 e. The van der Waals surface area contributed by atoms with Gasteiger partial charge in [0.15, 0.2) is 5.36 Å². The van der Waals surface area contributed by atoms with E-state index in [4.69, 9.17) is 0 Å². The maximum Gasteiger partial charge on any atom is 0.292 e. The van der Waals surface area contributed by atoms with E-state index in [9.17, 15) is 14.4 Å². The number of aromatic amines is 1. The summed E-state index contributed by atoms with van der Waals surface area (Å²) in [6, 6.07) is 6.66. The normalized spacial score (nSPS) is 11.4. The molecule has 3 rings (SSSR count). The van der Waals surface area contributed by atoms with Crippen LogP contribution in [0.3, 0.4) is 0 Å². The Hall–Kier alpha value is -2.96. The smallest absolute Gasteiger partial charge is 0.292 e. The minimum absolute atomic E-state index is 0.0633.